The number of benzene rings is 3. The summed E-state index contributed by atoms with van der Waals surface area (Å²) in [5.41, 5.74) is 1.77. The summed E-state index contributed by atoms with van der Waals surface area (Å²) in [6, 6.07) is 20.0. The average molecular weight is 655 g/mol. The number of anilines is 1. The van der Waals surface area contributed by atoms with E-state index in [1.165, 1.54) is 23.1 Å². The van der Waals surface area contributed by atoms with E-state index in [0.717, 1.165) is 26.2 Å². The number of amides is 2. The quantitative estimate of drug-likeness (QED) is 0.288. The molecular formula is C28H30BrCl2N3O4S. The molecule has 2 amide bonds. The summed E-state index contributed by atoms with van der Waals surface area (Å²) in [6.07, 6.45) is 1.24. The Morgan fingerprint density at radius 1 is 0.923 bits per heavy atom. The third-order valence-electron chi connectivity index (χ3n) is 5.76. The van der Waals surface area contributed by atoms with Crippen molar-refractivity contribution in [3.63, 3.8) is 0 Å². The van der Waals surface area contributed by atoms with Crippen LogP contribution in [0.5, 0.6) is 0 Å². The van der Waals surface area contributed by atoms with E-state index in [1.54, 1.807) is 0 Å². The smallest absolute Gasteiger partial charge is 0.244 e. The molecule has 11 heteroatoms. The lowest BCUT2D eigenvalue weighted by atomic mass is 10.0. The Labute approximate surface area is 248 Å². The summed E-state index contributed by atoms with van der Waals surface area (Å²) in [4.78, 5) is 29.0. The fourth-order valence-electron chi connectivity index (χ4n) is 4.06. The zero-order valence-corrected chi connectivity index (χ0v) is 25.7. The van der Waals surface area contributed by atoms with Crippen LogP contribution in [0.4, 0.5) is 5.69 Å². The molecule has 1 N–H and O–H groups in total. The first-order valence-corrected chi connectivity index (χ1v) is 15.5. The lowest BCUT2D eigenvalue weighted by molar-refractivity contribution is -0.140. The van der Waals surface area contributed by atoms with Crippen LogP contribution in [0.25, 0.3) is 0 Å². The number of nitrogens with zero attached hydrogens (tertiary/aromatic N) is 2. The van der Waals surface area contributed by atoms with Crippen LogP contribution in [0.1, 0.15) is 25.0 Å². The van der Waals surface area contributed by atoms with Gasteiger partial charge in [0.1, 0.15) is 12.6 Å². The molecule has 0 fully saturated rings. The first-order chi connectivity index (χ1) is 18.3. The molecule has 0 aromatic heterocycles. The first-order valence-electron chi connectivity index (χ1n) is 12.2. The van der Waals surface area contributed by atoms with Gasteiger partial charge in [-0.1, -0.05) is 81.6 Å². The number of hydrogen-bond acceptors (Lipinski definition) is 4. The van der Waals surface area contributed by atoms with Gasteiger partial charge in [-0.3, -0.25) is 13.9 Å². The summed E-state index contributed by atoms with van der Waals surface area (Å²) < 4.78 is 27.4. The molecular weight excluding hydrogens is 625 g/mol. The second-order valence-corrected chi connectivity index (χ2v) is 13.1. The summed E-state index contributed by atoms with van der Waals surface area (Å²) >= 11 is 15.7. The van der Waals surface area contributed by atoms with Crippen LogP contribution in [0.15, 0.2) is 77.3 Å². The van der Waals surface area contributed by atoms with Crippen LogP contribution in [-0.4, -0.2) is 50.0 Å². The molecule has 0 radical (unpaired) electrons. The Kier molecular flexibility index (Phi) is 10.8. The van der Waals surface area contributed by atoms with Gasteiger partial charge in [-0.05, 0) is 55.3 Å². The Morgan fingerprint density at radius 2 is 1.54 bits per heavy atom. The van der Waals surface area contributed by atoms with Crippen LogP contribution in [0.2, 0.25) is 10.0 Å². The second kappa shape index (κ2) is 13.7. The van der Waals surface area contributed by atoms with Crippen LogP contribution in [0.3, 0.4) is 0 Å². The number of sulfonamides is 1. The summed E-state index contributed by atoms with van der Waals surface area (Å²) in [5.74, 6) is -0.898. The van der Waals surface area contributed by atoms with Gasteiger partial charge < -0.3 is 10.2 Å². The molecule has 0 bridgehead atoms. The zero-order chi connectivity index (χ0) is 28.7. The Bertz CT molecular complexity index is 1400. The Hall–Kier alpha value is -2.59. The number of rotatable bonds is 11. The highest BCUT2D eigenvalue weighted by atomic mass is 79.9. The molecule has 39 heavy (non-hydrogen) atoms. The number of halogens is 3. The van der Waals surface area contributed by atoms with E-state index in [4.69, 9.17) is 23.2 Å². The van der Waals surface area contributed by atoms with E-state index in [-0.39, 0.29) is 40.6 Å². The Morgan fingerprint density at radius 3 is 2.10 bits per heavy atom. The summed E-state index contributed by atoms with van der Waals surface area (Å²) in [7, 11) is -3.92. The molecule has 3 aromatic rings. The van der Waals surface area contributed by atoms with Crippen molar-refractivity contribution in [2.24, 2.45) is 0 Å². The summed E-state index contributed by atoms with van der Waals surface area (Å²) in [5, 5.41) is 3.37. The molecule has 0 aliphatic heterocycles. The van der Waals surface area contributed by atoms with Crippen molar-refractivity contribution in [1.29, 1.82) is 0 Å². The van der Waals surface area contributed by atoms with Gasteiger partial charge in [0.25, 0.3) is 0 Å². The van der Waals surface area contributed by atoms with Crippen LogP contribution in [-0.2, 0) is 32.6 Å². The Balaban J connectivity index is 2.07. The third-order valence-corrected chi connectivity index (χ3v) is 7.83. The lowest BCUT2D eigenvalue weighted by Gasteiger charge is -2.34. The van der Waals surface area contributed by atoms with Gasteiger partial charge in [0.15, 0.2) is 0 Å². The molecule has 3 rings (SSSR count). The van der Waals surface area contributed by atoms with Crippen molar-refractivity contribution in [1.82, 2.24) is 10.2 Å². The number of nitrogens with one attached hydrogen (secondary N) is 1. The molecule has 0 spiro atoms. The molecule has 0 saturated heterocycles. The van der Waals surface area contributed by atoms with E-state index >= 15 is 0 Å². The highest BCUT2D eigenvalue weighted by Crippen LogP contribution is 2.28. The molecule has 0 saturated carbocycles. The number of hydrogen-bond donors (Lipinski definition) is 1. The van der Waals surface area contributed by atoms with Crippen LogP contribution < -0.4 is 9.62 Å². The number of carbonyl (C=O) groups is 2. The van der Waals surface area contributed by atoms with Crippen LogP contribution >= 0.6 is 39.1 Å². The molecule has 3 aromatic carbocycles. The molecule has 0 heterocycles. The van der Waals surface area contributed by atoms with E-state index in [0.29, 0.717) is 0 Å². The van der Waals surface area contributed by atoms with Crippen molar-refractivity contribution in [2.75, 3.05) is 17.1 Å². The van der Waals surface area contributed by atoms with Crippen molar-refractivity contribution in [3.05, 3.63) is 98.4 Å². The van der Waals surface area contributed by atoms with Gasteiger partial charge in [0.05, 0.1) is 11.9 Å². The number of carbonyl (C=O) groups excluding carboxylic acids is 2. The van der Waals surface area contributed by atoms with Crippen molar-refractivity contribution >= 4 is 66.7 Å². The zero-order valence-electron chi connectivity index (χ0n) is 21.8. The highest BCUT2D eigenvalue weighted by Gasteiger charge is 2.33. The molecule has 7 nitrogen and oxygen atoms in total. The van der Waals surface area contributed by atoms with Gasteiger partial charge in [-0.15, -0.1) is 0 Å². The van der Waals surface area contributed by atoms with Gasteiger partial charge in [0, 0.05) is 33.5 Å². The maximum atomic E-state index is 14.0. The van der Waals surface area contributed by atoms with E-state index in [2.05, 4.69) is 21.2 Å². The predicted molar refractivity (Wildman–Crippen MR) is 161 cm³/mol. The standard InChI is InChI=1S/C28H30BrCl2N3O4S/c1-19(2)32-28(36)26(13-20-8-5-4-6-9-20)33(17-21-10-7-11-22(29)12-21)27(35)18-34(39(3,37)38)25-15-23(30)14-24(31)16-25/h4-12,14-16,19,26H,13,17-18H2,1-3H3,(H,32,36). The normalized spacial score (nSPS) is 12.2. The van der Waals surface area contributed by atoms with Gasteiger partial charge >= 0.3 is 0 Å². The van der Waals surface area contributed by atoms with Crippen molar-refractivity contribution < 1.29 is 18.0 Å². The van der Waals surface area contributed by atoms with E-state index < -0.39 is 28.5 Å². The minimum atomic E-state index is -3.92. The predicted octanol–water partition coefficient (Wildman–Crippen LogP) is 5.69. The lowest BCUT2D eigenvalue weighted by Crippen LogP contribution is -2.54. The first kappa shape index (κ1) is 30.9. The monoisotopic (exact) mass is 653 g/mol. The van der Waals surface area contributed by atoms with Crippen LogP contribution in [0, 0.1) is 0 Å². The maximum absolute atomic E-state index is 14.0. The summed E-state index contributed by atoms with van der Waals surface area (Å²) in [6.45, 7) is 3.21. The van der Waals surface area contributed by atoms with E-state index in [9.17, 15) is 18.0 Å². The topological polar surface area (TPSA) is 86.8 Å². The maximum Gasteiger partial charge on any atom is 0.244 e. The van der Waals surface area contributed by atoms with Crippen molar-refractivity contribution in [3.8, 4) is 0 Å². The highest BCUT2D eigenvalue weighted by molar-refractivity contribution is 9.10. The third kappa shape index (κ3) is 9.24. The van der Waals surface area contributed by atoms with Gasteiger partial charge in [-0.2, -0.15) is 0 Å². The molecule has 1 atom stereocenters. The SMILES string of the molecule is CC(C)NC(=O)C(Cc1ccccc1)N(Cc1cccc(Br)c1)C(=O)CN(c1cc(Cl)cc(Cl)c1)S(C)(=O)=O. The van der Waals surface area contributed by atoms with E-state index in [1.807, 2.05) is 68.4 Å². The molecule has 208 valence electrons. The van der Waals surface area contributed by atoms with Crippen molar-refractivity contribution in [2.45, 2.75) is 38.9 Å². The van der Waals surface area contributed by atoms with Gasteiger partial charge in [0.2, 0.25) is 21.8 Å². The second-order valence-electron chi connectivity index (χ2n) is 9.42. The average Bonchev–Trinajstić information content (AvgIpc) is 2.83. The van der Waals surface area contributed by atoms with Gasteiger partial charge in [-0.25, -0.2) is 8.42 Å². The largest absolute Gasteiger partial charge is 0.352 e. The molecule has 1 unspecified atom stereocenters. The fourth-order valence-corrected chi connectivity index (χ4v) is 5.86. The fraction of sp³-hybridized carbons (Fsp3) is 0.286. The minimum Gasteiger partial charge on any atom is -0.352 e. The molecule has 0 aliphatic rings. The molecule has 0 aliphatic carbocycles. The minimum absolute atomic E-state index is 0.0786.